The molecule has 2 aromatic carbocycles. The minimum Gasteiger partial charge on any atom is -0.422 e. The number of aromatic amines is 1. The molecule has 0 fully saturated rings. The molecule has 0 aliphatic carbocycles. The van der Waals surface area contributed by atoms with Crippen LogP contribution in [-0.4, -0.2) is 23.1 Å². The van der Waals surface area contributed by atoms with E-state index in [1.807, 2.05) is 55.6 Å². The van der Waals surface area contributed by atoms with Gasteiger partial charge in [0, 0.05) is 30.2 Å². The number of hydrogen-bond donors (Lipinski definition) is 1. The van der Waals surface area contributed by atoms with Crippen molar-refractivity contribution >= 4 is 27.7 Å². The van der Waals surface area contributed by atoms with Crippen LogP contribution < -0.4 is 10.5 Å². The van der Waals surface area contributed by atoms with Gasteiger partial charge in [-0.2, -0.15) is 0 Å². The van der Waals surface area contributed by atoms with Crippen LogP contribution in [0.25, 0.3) is 33.4 Å². The fourth-order valence-electron chi connectivity index (χ4n) is 2.86. The molecule has 126 valence electrons. The molecule has 0 radical (unpaired) electrons. The number of aromatic nitrogens is 2. The molecule has 0 aliphatic rings. The molecule has 25 heavy (non-hydrogen) atoms. The molecule has 0 bridgehead atoms. The molecule has 4 rings (SSSR count). The van der Waals surface area contributed by atoms with Gasteiger partial charge in [-0.25, -0.2) is 9.78 Å². The fraction of sp³-hybridized carbons (Fsp3) is 0.200. The highest BCUT2D eigenvalue weighted by molar-refractivity contribution is 5.85. The van der Waals surface area contributed by atoms with Gasteiger partial charge in [0.25, 0.3) is 0 Å². The quantitative estimate of drug-likeness (QED) is 0.571. The Bertz CT molecular complexity index is 1090. The summed E-state index contributed by atoms with van der Waals surface area (Å²) in [6, 6.07) is 15.8. The smallest absolute Gasteiger partial charge is 0.347 e. The van der Waals surface area contributed by atoms with Crippen molar-refractivity contribution in [3.63, 3.8) is 0 Å². The molecule has 0 atom stereocenters. The number of imidazole rings is 1. The van der Waals surface area contributed by atoms with Crippen molar-refractivity contribution in [3.05, 3.63) is 59.0 Å². The molecule has 1 N–H and O–H groups in total. The predicted molar refractivity (Wildman–Crippen MR) is 101 cm³/mol. The van der Waals surface area contributed by atoms with Gasteiger partial charge in [0.15, 0.2) is 0 Å². The predicted octanol–water partition coefficient (Wildman–Crippen LogP) is 4.18. The number of anilines is 1. The molecule has 5 heteroatoms. The zero-order valence-electron chi connectivity index (χ0n) is 14.4. The first-order chi connectivity index (χ1) is 12.0. The lowest BCUT2D eigenvalue weighted by molar-refractivity contribution is 0.562. The van der Waals surface area contributed by atoms with Crippen LogP contribution in [0.2, 0.25) is 0 Å². The highest BCUT2D eigenvalue weighted by Gasteiger charge is 2.13. The first-order valence-electron chi connectivity index (χ1n) is 8.29. The van der Waals surface area contributed by atoms with E-state index < -0.39 is 5.63 Å². The summed E-state index contributed by atoms with van der Waals surface area (Å²) in [5.74, 6) is 0.528. The molecular weight excluding hydrogens is 314 g/mol. The van der Waals surface area contributed by atoms with Crippen LogP contribution in [0.5, 0.6) is 0 Å². The van der Waals surface area contributed by atoms with Crippen LogP contribution in [0.15, 0.2) is 57.7 Å². The third-order valence-electron chi connectivity index (χ3n) is 4.55. The summed E-state index contributed by atoms with van der Waals surface area (Å²) in [6.07, 6.45) is 0. The normalized spacial score (nSPS) is 11.5. The average Bonchev–Trinajstić information content (AvgIpc) is 3.03. The Hall–Kier alpha value is -3.08. The zero-order valence-corrected chi connectivity index (χ0v) is 14.4. The maximum Gasteiger partial charge on any atom is 0.347 e. The summed E-state index contributed by atoms with van der Waals surface area (Å²) in [6.45, 7) is 4.23. The zero-order chi connectivity index (χ0) is 17.6. The summed E-state index contributed by atoms with van der Waals surface area (Å²) in [5.41, 5.74) is 3.36. The lowest BCUT2D eigenvalue weighted by Gasteiger charge is -2.23. The number of nitrogens with zero attached hydrogens (tertiary/aromatic N) is 2. The second-order valence-electron chi connectivity index (χ2n) is 6.48. The van der Waals surface area contributed by atoms with Crippen LogP contribution in [0, 0.1) is 0 Å². The number of rotatable bonds is 3. The number of H-pyrrole nitrogens is 1. The highest BCUT2D eigenvalue weighted by atomic mass is 16.4. The first kappa shape index (κ1) is 15.4. The van der Waals surface area contributed by atoms with Crippen LogP contribution >= 0.6 is 0 Å². The highest BCUT2D eigenvalue weighted by Crippen LogP contribution is 2.25. The Morgan fingerprint density at radius 1 is 1.12 bits per heavy atom. The van der Waals surface area contributed by atoms with Crippen molar-refractivity contribution < 1.29 is 4.42 Å². The van der Waals surface area contributed by atoms with Crippen molar-refractivity contribution in [1.29, 1.82) is 0 Å². The van der Waals surface area contributed by atoms with E-state index >= 15 is 0 Å². The molecule has 0 amide bonds. The summed E-state index contributed by atoms with van der Waals surface area (Å²) >= 11 is 0. The summed E-state index contributed by atoms with van der Waals surface area (Å²) in [7, 11) is 2.02. The number of para-hydroxylation sites is 2. The first-order valence-corrected chi connectivity index (χ1v) is 8.29. The van der Waals surface area contributed by atoms with E-state index in [-0.39, 0.29) is 0 Å². The maximum absolute atomic E-state index is 12.5. The Balaban J connectivity index is 1.84. The van der Waals surface area contributed by atoms with Gasteiger partial charge in [0.05, 0.1) is 11.0 Å². The Kier molecular flexibility index (Phi) is 3.57. The Morgan fingerprint density at radius 3 is 2.68 bits per heavy atom. The van der Waals surface area contributed by atoms with Crippen LogP contribution in [0.3, 0.4) is 0 Å². The van der Waals surface area contributed by atoms with Gasteiger partial charge in [0.2, 0.25) is 0 Å². The molecule has 2 aromatic heterocycles. The third kappa shape index (κ3) is 2.67. The Labute approximate surface area is 144 Å². The number of hydrogen-bond acceptors (Lipinski definition) is 4. The van der Waals surface area contributed by atoms with Gasteiger partial charge in [-0.3, -0.25) is 0 Å². The lowest BCUT2D eigenvalue weighted by Crippen LogP contribution is -2.25. The van der Waals surface area contributed by atoms with Gasteiger partial charge < -0.3 is 14.3 Å². The van der Waals surface area contributed by atoms with Gasteiger partial charge in [-0.05, 0) is 44.2 Å². The van der Waals surface area contributed by atoms with Gasteiger partial charge >= 0.3 is 5.63 Å². The van der Waals surface area contributed by atoms with Crippen LogP contribution in [0.4, 0.5) is 5.69 Å². The topological polar surface area (TPSA) is 62.1 Å². The molecule has 0 saturated heterocycles. The van der Waals surface area contributed by atoms with Crippen molar-refractivity contribution in [2.24, 2.45) is 0 Å². The second kappa shape index (κ2) is 5.77. The van der Waals surface area contributed by atoms with Crippen molar-refractivity contribution in [1.82, 2.24) is 9.97 Å². The number of benzene rings is 2. The van der Waals surface area contributed by atoms with E-state index in [0.29, 0.717) is 23.0 Å². The van der Waals surface area contributed by atoms with E-state index in [4.69, 9.17) is 4.42 Å². The molecule has 2 heterocycles. The van der Waals surface area contributed by atoms with E-state index in [0.717, 1.165) is 22.1 Å². The fourth-order valence-corrected chi connectivity index (χ4v) is 2.86. The number of nitrogens with one attached hydrogen (secondary N) is 1. The molecule has 0 saturated carbocycles. The summed E-state index contributed by atoms with van der Waals surface area (Å²) < 4.78 is 5.57. The standard InChI is InChI=1S/C20H19N3O2/c1-12(2)23(3)14-9-8-13-10-15(20(24)25-18(13)11-14)19-21-16-6-4-5-7-17(16)22-19/h4-12H,1-3H3,(H,21,22). The van der Waals surface area contributed by atoms with E-state index in [1.54, 1.807) is 0 Å². The second-order valence-corrected chi connectivity index (χ2v) is 6.48. The molecule has 5 nitrogen and oxygen atoms in total. The summed E-state index contributed by atoms with van der Waals surface area (Å²) in [4.78, 5) is 22.3. The minimum atomic E-state index is -0.393. The summed E-state index contributed by atoms with van der Waals surface area (Å²) in [5, 5.41) is 0.871. The minimum absolute atomic E-state index is 0.360. The number of fused-ring (bicyclic) bond motifs is 2. The van der Waals surface area contributed by atoms with Crippen molar-refractivity contribution in [3.8, 4) is 11.4 Å². The van der Waals surface area contributed by atoms with Gasteiger partial charge in [0.1, 0.15) is 17.0 Å². The largest absolute Gasteiger partial charge is 0.422 e. The van der Waals surface area contributed by atoms with Crippen molar-refractivity contribution in [2.45, 2.75) is 19.9 Å². The van der Waals surface area contributed by atoms with Gasteiger partial charge in [-0.15, -0.1) is 0 Å². The molecule has 0 aliphatic heterocycles. The van der Waals surface area contributed by atoms with E-state index in [1.165, 1.54) is 0 Å². The van der Waals surface area contributed by atoms with Gasteiger partial charge in [-0.1, -0.05) is 12.1 Å². The van der Waals surface area contributed by atoms with Crippen molar-refractivity contribution in [2.75, 3.05) is 11.9 Å². The Morgan fingerprint density at radius 2 is 1.92 bits per heavy atom. The van der Waals surface area contributed by atoms with Crippen LogP contribution in [0.1, 0.15) is 13.8 Å². The molecular formula is C20H19N3O2. The molecule has 0 spiro atoms. The maximum atomic E-state index is 12.5. The van der Waals surface area contributed by atoms with Crippen LogP contribution in [-0.2, 0) is 0 Å². The molecule has 4 aromatic rings. The lowest BCUT2D eigenvalue weighted by atomic mass is 10.1. The SMILES string of the molecule is CC(C)N(C)c1ccc2cc(-c3nc4ccccc4[nH]3)c(=O)oc2c1. The molecule has 0 unspecified atom stereocenters. The monoisotopic (exact) mass is 333 g/mol. The van der Waals surface area contributed by atoms with E-state index in [2.05, 4.69) is 28.7 Å². The van der Waals surface area contributed by atoms with E-state index in [9.17, 15) is 4.79 Å². The third-order valence-corrected chi connectivity index (χ3v) is 4.55. The average molecular weight is 333 g/mol.